The van der Waals surface area contributed by atoms with Gasteiger partial charge in [-0.3, -0.25) is 4.99 Å². The van der Waals surface area contributed by atoms with Crippen LogP contribution in [0.1, 0.15) is 35.3 Å². The number of alkyl halides is 2. The van der Waals surface area contributed by atoms with Gasteiger partial charge in [-0.05, 0) is 18.2 Å². The lowest BCUT2D eigenvalue weighted by molar-refractivity contribution is -0.0187. The van der Waals surface area contributed by atoms with Crippen molar-refractivity contribution in [2.24, 2.45) is 4.99 Å². The number of hydrogen-bond acceptors (Lipinski definition) is 7. The SMILES string of the molecule is COC[C@@]1(O)CC2=C(c3ccn(C(F)F)n3)[C@H](c3ccc(F)cc3Cl)N=C(c3nccs3)N2C1. The number of thiazole rings is 1. The number of benzene rings is 1. The van der Waals surface area contributed by atoms with Gasteiger partial charge in [0.2, 0.25) is 0 Å². The van der Waals surface area contributed by atoms with Crippen molar-refractivity contribution in [2.75, 3.05) is 20.3 Å². The van der Waals surface area contributed by atoms with E-state index in [9.17, 15) is 18.3 Å². The van der Waals surface area contributed by atoms with E-state index in [0.717, 1.165) is 0 Å². The summed E-state index contributed by atoms with van der Waals surface area (Å²) in [4.78, 5) is 11.1. The zero-order chi connectivity index (χ0) is 24.0. The Morgan fingerprint density at radius 3 is 2.82 bits per heavy atom. The van der Waals surface area contributed by atoms with Crippen LogP contribution in [0.2, 0.25) is 5.02 Å². The lowest BCUT2D eigenvalue weighted by Gasteiger charge is -2.32. The maximum absolute atomic E-state index is 13.8. The zero-order valence-corrected chi connectivity index (χ0v) is 19.4. The summed E-state index contributed by atoms with van der Waals surface area (Å²) >= 11 is 7.79. The molecule has 3 aromatic rings. The summed E-state index contributed by atoms with van der Waals surface area (Å²) in [7, 11) is 1.49. The first-order valence-corrected chi connectivity index (χ1v) is 11.5. The summed E-state index contributed by atoms with van der Waals surface area (Å²) in [5.74, 6) is -0.0127. The summed E-state index contributed by atoms with van der Waals surface area (Å²) in [6.07, 6.45) is 2.98. The number of hydrogen-bond donors (Lipinski definition) is 1. The molecule has 34 heavy (non-hydrogen) atoms. The van der Waals surface area contributed by atoms with Gasteiger partial charge in [0.15, 0.2) is 10.8 Å². The molecule has 7 nitrogen and oxygen atoms in total. The zero-order valence-electron chi connectivity index (χ0n) is 17.8. The fraction of sp³-hybridized carbons (Fsp3) is 0.318. The van der Waals surface area contributed by atoms with Crippen molar-refractivity contribution in [2.45, 2.75) is 24.6 Å². The van der Waals surface area contributed by atoms with Gasteiger partial charge in [0.25, 0.3) is 0 Å². The fourth-order valence-corrected chi connectivity index (χ4v) is 5.32. The summed E-state index contributed by atoms with van der Waals surface area (Å²) in [6, 6.07) is 4.64. The molecule has 1 saturated heterocycles. The van der Waals surface area contributed by atoms with Crippen molar-refractivity contribution in [1.29, 1.82) is 0 Å². The summed E-state index contributed by atoms with van der Waals surface area (Å²) < 4.78 is 46.3. The van der Waals surface area contributed by atoms with Crippen LogP contribution in [-0.4, -0.2) is 56.5 Å². The number of amidine groups is 1. The molecule has 0 radical (unpaired) electrons. The average molecular weight is 510 g/mol. The molecular formula is C22H19ClF3N5O2S. The van der Waals surface area contributed by atoms with Crippen LogP contribution < -0.4 is 0 Å². The van der Waals surface area contributed by atoms with Crippen molar-refractivity contribution in [1.82, 2.24) is 19.7 Å². The molecule has 2 atom stereocenters. The molecule has 2 aromatic heterocycles. The molecule has 0 aliphatic carbocycles. The van der Waals surface area contributed by atoms with Crippen LogP contribution in [0.15, 0.2) is 52.7 Å². The minimum atomic E-state index is -2.82. The Morgan fingerprint density at radius 2 is 2.18 bits per heavy atom. The van der Waals surface area contributed by atoms with Gasteiger partial charge in [0.05, 0.1) is 18.8 Å². The Balaban J connectivity index is 1.74. The molecule has 5 rings (SSSR count). The van der Waals surface area contributed by atoms with E-state index in [1.807, 2.05) is 4.90 Å². The molecule has 0 bridgehead atoms. The van der Waals surface area contributed by atoms with E-state index in [1.165, 1.54) is 48.9 Å². The monoisotopic (exact) mass is 509 g/mol. The van der Waals surface area contributed by atoms with Crippen molar-refractivity contribution in [3.8, 4) is 0 Å². The molecule has 2 aliphatic heterocycles. The average Bonchev–Trinajstić information content (AvgIpc) is 3.53. The molecule has 1 aromatic carbocycles. The van der Waals surface area contributed by atoms with Gasteiger partial charge < -0.3 is 14.7 Å². The third kappa shape index (κ3) is 4.02. The highest BCUT2D eigenvalue weighted by Crippen LogP contribution is 2.48. The van der Waals surface area contributed by atoms with Gasteiger partial charge in [-0.2, -0.15) is 13.9 Å². The quantitative estimate of drug-likeness (QED) is 0.528. The Hall–Kier alpha value is -2.73. The van der Waals surface area contributed by atoms with Crippen molar-refractivity contribution in [3.05, 3.63) is 74.8 Å². The summed E-state index contributed by atoms with van der Waals surface area (Å²) in [5, 5.41) is 17.9. The Bertz CT molecular complexity index is 1280. The van der Waals surface area contributed by atoms with Crippen LogP contribution in [0.5, 0.6) is 0 Å². The van der Waals surface area contributed by atoms with Crippen LogP contribution >= 0.6 is 22.9 Å². The Labute approximate surface area is 201 Å². The van der Waals surface area contributed by atoms with Gasteiger partial charge >= 0.3 is 6.55 Å². The summed E-state index contributed by atoms with van der Waals surface area (Å²) in [5.41, 5.74) is 0.632. The standard InChI is InChI=1S/C22H19ClF3N5O2S/c1-33-11-22(32)9-16-17(15-4-6-31(29-15)21(25)26)18(13-3-2-12(24)8-14(13)23)28-19(30(16)10-22)20-27-5-7-34-20/h2-8,18,21,32H,9-11H2,1H3/t18-,22+/m0/s1. The minimum absolute atomic E-state index is 0.0544. The normalized spacial score (nSPS) is 22.5. The van der Waals surface area contributed by atoms with Crippen LogP contribution in [-0.2, 0) is 4.74 Å². The number of aliphatic imine (C=N–C) groups is 1. The van der Waals surface area contributed by atoms with Gasteiger partial charge in [0, 0.05) is 53.2 Å². The van der Waals surface area contributed by atoms with E-state index in [4.69, 9.17) is 21.3 Å². The van der Waals surface area contributed by atoms with Gasteiger partial charge in [-0.15, -0.1) is 11.3 Å². The van der Waals surface area contributed by atoms with Crippen LogP contribution in [0.4, 0.5) is 13.2 Å². The second kappa shape index (κ2) is 8.81. The first kappa shape index (κ1) is 23.0. The highest BCUT2D eigenvalue weighted by molar-refractivity contribution is 7.11. The molecule has 1 N–H and O–H groups in total. The van der Waals surface area contributed by atoms with E-state index in [1.54, 1.807) is 11.6 Å². The third-order valence-electron chi connectivity index (χ3n) is 5.74. The minimum Gasteiger partial charge on any atom is -0.385 e. The predicted octanol–water partition coefficient (Wildman–Crippen LogP) is 4.52. The number of aliphatic hydroxyl groups is 1. The smallest absolute Gasteiger partial charge is 0.333 e. The van der Waals surface area contributed by atoms with Gasteiger partial charge in [-0.1, -0.05) is 17.7 Å². The van der Waals surface area contributed by atoms with Gasteiger partial charge in [0.1, 0.15) is 17.5 Å². The van der Waals surface area contributed by atoms with E-state index < -0.39 is 24.0 Å². The number of aromatic nitrogens is 3. The Morgan fingerprint density at radius 1 is 1.35 bits per heavy atom. The van der Waals surface area contributed by atoms with E-state index in [0.29, 0.717) is 32.4 Å². The fourth-order valence-electron chi connectivity index (χ4n) is 4.41. The molecule has 0 spiro atoms. The van der Waals surface area contributed by atoms with E-state index >= 15 is 0 Å². The van der Waals surface area contributed by atoms with Crippen LogP contribution in [0.3, 0.4) is 0 Å². The number of nitrogens with zero attached hydrogens (tertiary/aromatic N) is 5. The second-order valence-corrected chi connectivity index (χ2v) is 9.40. The maximum Gasteiger partial charge on any atom is 0.333 e. The highest BCUT2D eigenvalue weighted by atomic mass is 35.5. The molecule has 4 heterocycles. The van der Waals surface area contributed by atoms with Crippen molar-refractivity contribution < 1.29 is 23.0 Å². The van der Waals surface area contributed by atoms with Crippen molar-refractivity contribution in [3.63, 3.8) is 0 Å². The largest absolute Gasteiger partial charge is 0.385 e. The lowest BCUT2D eigenvalue weighted by Crippen LogP contribution is -2.40. The second-order valence-electron chi connectivity index (χ2n) is 8.10. The maximum atomic E-state index is 13.8. The molecule has 0 amide bonds. The molecule has 12 heteroatoms. The highest BCUT2D eigenvalue weighted by Gasteiger charge is 2.47. The van der Waals surface area contributed by atoms with Crippen LogP contribution in [0, 0.1) is 5.82 Å². The molecule has 178 valence electrons. The first-order chi connectivity index (χ1) is 16.3. The third-order valence-corrected chi connectivity index (χ3v) is 6.84. The van der Waals surface area contributed by atoms with E-state index in [-0.39, 0.29) is 30.3 Å². The van der Waals surface area contributed by atoms with Gasteiger partial charge in [-0.25, -0.2) is 14.1 Å². The number of ether oxygens (including phenoxy) is 1. The first-order valence-electron chi connectivity index (χ1n) is 10.3. The predicted molar refractivity (Wildman–Crippen MR) is 121 cm³/mol. The number of fused-ring (bicyclic) bond motifs is 1. The molecule has 0 unspecified atom stereocenters. The number of methoxy groups -OCH3 is 1. The summed E-state index contributed by atoms with van der Waals surface area (Å²) in [6.45, 7) is -2.61. The lowest BCUT2D eigenvalue weighted by atomic mass is 9.91. The molecule has 2 aliphatic rings. The van der Waals surface area contributed by atoms with E-state index in [2.05, 4.69) is 10.1 Å². The number of halogens is 4. The molecule has 1 fully saturated rings. The number of rotatable bonds is 6. The van der Waals surface area contributed by atoms with Crippen molar-refractivity contribution >= 4 is 34.3 Å². The topological polar surface area (TPSA) is 75.8 Å². The Kier molecular flexibility index (Phi) is 5.96. The van der Waals surface area contributed by atoms with Crippen LogP contribution in [0.25, 0.3) is 5.57 Å². The molecule has 0 saturated carbocycles. The molecular weight excluding hydrogens is 491 g/mol.